The van der Waals surface area contributed by atoms with Gasteiger partial charge in [0.1, 0.15) is 11.5 Å². The molecule has 0 bridgehead atoms. The van der Waals surface area contributed by atoms with Gasteiger partial charge in [-0.15, -0.1) is 0 Å². The Morgan fingerprint density at radius 3 is 2.48 bits per heavy atom. The summed E-state index contributed by atoms with van der Waals surface area (Å²) < 4.78 is 37.5. The first-order valence-corrected chi connectivity index (χ1v) is 10.8. The molecule has 0 aromatic heterocycles. The van der Waals surface area contributed by atoms with Crippen molar-refractivity contribution in [2.45, 2.75) is 31.7 Å². The fourth-order valence-corrected chi connectivity index (χ4v) is 4.17. The second-order valence-corrected chi connectivity index (χ2v) is 8.70. The van der Waals surface area contributed by atoms with E-state index in [1.807, 2.05) is 38.1 Å². The van der Waals surface area contributed by atoms with E-state index in [0.29, 0.717) is 18.1 Å². The molecule has 0 radical (unpaired) electrons. The van der Waals surface area contributed by atoms with E-state index in [-0.39, 0.29) is 17.5 Å². The van der Waals surface area contributed by atoms with E-state index < -0.39 is 15.9 Å². The van der Waals surface area contributed by atoms with E-state index in [9.17, 15) is 13.2 Å². The van der Waals surface area contributed by atoms with E-state index in [1.165, 1.54) is 13.1 Å². The minimum absolute atomic E-state index is 0.117. The van der Waals surface area contributed by atoms with E-state index in [4.69, 9.17) is 9.47 Å². The zero-order chi connectivity index (χ0) is 21.6. The number of para-hydroxylation sites is 1. The van der Waals surface area contributed by atoms with Crippen LogP contribution in [0.4, 0.5) is 0 Å². The van der Waals surface area contributed by atoms with E-state index in [0.717, 1.165) is 15.4 Å². The van der Waals surface area contributed by atoms with Gasteiger partial charge in [0.05, 0.1) is 31.2 Å². The average molecular weight is 421 g/mol. The Morgan fingerprint density at radius 2 is 1.86 bits per heavy atom. The molecule has 0 aliphatic rings. The molecule has 0 aliphatic carbocycles. The van der Waals surface area contributed by atoms with E-state index in [2.05, 4.69) is 5.32 Å². The summed E-state index contributed by atoms with van der Waals surface area (Å²) in [4.78, 5) is 12.6. The summed E-state index contributed by atoms with van der Waals surface area (Å²) in [5.41, 5.74) is 1.53. The number of likely N-dealkylation sites (N-methyl/N-ethyl adjacent to an activating group) is 1. The molecule has 29 heavy (non-hydrogen) atoms. The Morgan fingerprint density at radius 1 is 1.17 bits per heavy atom. The number of carbonyl (C=O) groups excluding carboxylic acids is 1. The normalized spacial score (nSPS) is 12.5. The van der Waals surface area contributed by atoms with Crippen LogP contribution in [-0.4, -0.2) is 45.9 Å². The number of nitrogens with zero attached hydrogens (tertiary/aromatic N) is 1. The number of carbonyl (C=O) groups is 1. The predicted molar refractivity (Wildman–Crippen MR) is 112 cm³/mol. The first-order chi connectivity index (χ1) is 13.7. The second kappa shape index (κ2) is 9.76. The number of rotatable bonds is 9. The van der Waals surface area contributed by atoms with Crippen molar-refractivity contribution < 1.29 is 22.7 Å². The number of hydrogen-bond acceptors (Lipinski definition) is 5. The monoisotopic (exact) mass is 420 g/mol. The van der Waals surface area contributed by atoms with E-state index >= 15 is 0 Å². The minimum atomic E-state index is -3.81. The van der Waals surface area contributed by atoms with Crippen LogP contribution >= 0.6 is 0 Å². The molecule has 1 atom stereocenters. The van der Waals surface area contributed by atoms with E-state index in [1.54, 1.807) is 26.2 Å². The maximum atomic E-state index is 12.8. The van der Waals surface area contributed by atoms with Crippen molar-refractivity contribution in [3.05, 3.63) is 53.6 Å². The van der Waals surface area contributed by atoms with Gasteiger partial charge >= 0.3 is 0 Å². The number of methoxy groups -OCH3 is 1. The number of benzene rings is 2. The maximum absolute atomic E-state index is 12.8. The summed E-state index contributed by atoms with van der Waals surface area (Å²) in [6.45, 7) is 5.67. The van der Waals surface area contributed by atoms with Gasteiger partial charge in [0.15, 0.2) is 0 Å². The van der Waals surface area contributed by atoms with Crippen molar-refractivity contribution in [3.63, 3.8) is 0 Å². The summed E-state index contributed by atoms with van der Waals surface area (Å²) in [5, 5.41) is 2.82. The van der Waals surface area contributed by atoms with Crippen LogP contribution in [0.1, 0.15) is 31.0 Å². The molecule has 2 aromatic carbocycles. The highest BCUT2D eigenvalue weighted by Crippen LogP contribution is 2.25. The Labute approximate surface area is 172 Å². The molecule has 1 amide bonds. The Hall–Kier alpha value is -2.58. The molecule has 2 aromatic rings. The molecular formula is C21H28N2O5S. The van der Waals surface area contributed by atoms with Crippen LogP contribution in [0, 0.1) is 6.92 Å². The fourth-order valence-electron chi connectivity index (χ4n) is 2.96. The molecular weight excluding hydrogens is 392 g/mol. The molecule has 0 aliphatic heterocycles. The van der Waals surface area contributed by atoms with Crippen molar-refractivity contribution >= 4 is 15.9 Å². The van der Waals surface area contributed by atoms with Crippen molar-refractivity contribution in [3.8, 4) is 11.5 Å². The van der Waals surface area contributed by atoms with Gasteiger partial charge in [-0.2, -0.15) is 4.31 Å². The summed E-state index contributed by atoms with van der Waals surface area (Å²) in [6, 6.07) is 11.7. The highest BCUT2D eigenvalue weighted by Gasteiger charge is 2.24. The quantitative estimate of drug-likeness (QED) is 0.674. The summed E-state index contributed by atoms with van der Waals surface area (Å²) >= 11 is 0. The van der Waals surface area contributed by atoms with Crippen LogP contribution in [0.3, 0.4) is 0 Å². The second-order valence-electron chi connectivity index (χ2n) is 6.65. The topological polar surface area (TPSA) is 84.9 Å². The van der Waals surface area contributed by atoms with Crippen molar-refractivity contribution in [2.24, 2.45) is 0 Å². The smallest absolute Gasteiger partial charge is 0.243 e. The third kappa shape index (κ3) is 5.48. The lowest BCUT2D eigenvalue weighted by Crippen LogP contribution is -2.39. The molecule has 0 saturated heterocycles. The standard InChI is InChI=1S/C21H28N2O5S/c1-6-28-19-12-11-17(13-15(19)2)29(25,26)23(4)14-21(24)22-16(3)18-9-7-8-10-20(18)27-5/h7-13,16H,6,14H2,1-5H3,(H,22,24)/t16-/m0/s1. The lowest BCUT2D eigenvalue weighted by Gasteiger charge is -2.21. The molecule has 1 N–H and O–H groups in total. The fraction of sp³-hybridized carbons (Fsp3) is 0.381. The van der Waals surface area contributed by atoms with Gasteiger partial charge in [0.2, 0.25) is 15.9 Å². The maximum Gasteiger partial charge on any atom is 0.243 e. The zero-order valence-electron chi connectivity index (χ0n) is 17.4. The summed E-state index contributed by atoms with van der Waals surface area (Å²) in [6.07, 6.45) is 0. The third-order valence-corrected chi connectivity index (χ3v) is 6.30. The van der Waals surface area contributed by atoms with Crippen LogP contribution < -0.4 is 14.8 Å². The molecule has 0 fully saturated rings. The number of sulfonamides is 1. The Kier molecular flexibility index (Phi) is 7.64. The summed E-state index contributed by atoms with van der Waals surface area (Å²) in [5.74, 6) is 0.890. The lowest BCUT2D eigenvalue weighted by molar-refractivity contribution is -0.121. The van der Waals surface area contributed by atoms with Gasteiger partial charge < -0.3 is 14.8 Å². The number of ether oxygens (including phenoxy) is 2. The van der Waals surface area contributed by atoms with Crippen LogP contribution in [0.5, 0.6) is 11.5 Å². The van der Waals surface area contributed by atoms with Crippen LogP contribution in [0.2, 0.25) is 0 Å². The number of amides is 1. The Balaban J connectivity index is 2.09. The SMILES string of the molecule is CCOc1ccc(S(=O)(=O)N(C)CC(=O)N[C@@H](C)c2ccccc2OC)cc1C. The number of hydrogen-bond donors (Lipinski definition) is 1. The van der Waals surface area contributed by atoms with Gasteiger partial charge in [0, 0.05) is 12.6 Å². The molecule has 2 rings (SSSR count). The highest BCUT2D eigenvalue weighted by molar-refractivity contribution is 7.89. The molecule has 0 spiro atoms. The first-order valence-electron chi connectivity index (χ1n) is 9.32. The average Bonchev–Trinajstić information content (AvgIpc) is 2.69. The lowest BCUT2D eigenvalue weighted by atomic mass is 10.1. The predicted octanol–water partition coefficient (Wildman–Crippen LogP) is 2.90. The molecule has 0 unspecified atom stereocenters. The zero-order valence-corrected chi connectivity index (χ0v) is 18.2. The summed E-state index contributed by atoms with van der Waals surface area (Å²) in [7, 11) is -0.864. The van der Waals surface area contributed by atoms with Gasteiger partial charge in [-0.3, -0.25) is 4.79 Å². The van der Waals surface area contributed by atoms with Gasteiger partial charge in [-0.1, -0.05) is 18.2 Å². The molecule has 0 saturated carbocycles. The van der Waals surface area contributed by atoms with Crippen LogP contribution in [-0.2, 0) is 14.8 Å². The van der Waals surface area contributed by atoms with Gasteiger partial charge in [-0.05, 0) is 50.6 Å². The molecule has 7 nitrogen and oxygen atoms in total. The van der Waals surface area contributed by atoms with Gasteiger partial charge in [-0.25, -0.2) is 8.42 Å². The Bertz CT molecular complexity index is 959. The van der Waals surface area contributed by atoms with Crippen molar-refractivity contribution in [2.75, 3.05) is 27.3 Å². The highest BCUT2D eigenvalue weighted by atomic mass is 32.2. The van der Waals surface area contributed by atoms with Crippen LogP contribution in [0.25, 0.3) is 0 Å². The van der Waals surface area contributed by atoms with Gasteiger partial charge in [0.25, 0.3) is 0 Å². The first kappa shape index (κ1) is 22.7. The largest absolute Gasteiger partial charge is 0.496 e. The number of nitrogens with one attached hydrogen (secondary N) is 1. The molecule has 158 valence electrons. The van der Waals surface area contributed by atoms with Crippen LogP contribution in [0.15, 0.2) is 47.4 Å². The minimum Gasteiger partial charge on any atom is -0.496 e. The third-order valence-electron chi connectivity index (χ3n) is 4.50. The number of aryl methyl sites for hydroxylation is 1. The molecule has 0 heterocycles. The van der Waals surface area contributed by atoms with Crippen molar-refractivity contribution in [1.82, 2.24) is 9.62 Å². The van der Waals surface area contributed by atoms with Crippen molar-refractivity contribution in [1.29, 1.82) is 0 Å². The molecule has 8 heteroatoms.